The molecule has 0 unspecified atom stereocenters. The molecule has 21 heavy (non-hydrogen) atoms. The van der Waals surface area contributed by atoms with E-state index in [0.29, 0.717) is 0 Å². The van der Waals surface area contributed by atoms with Crippen LogP contribution in [-0.2, 0) is 6.42 Å². The molecule has 0 fully saturated rings. The Morgan fingerprint density at radius 2 is 0.952 bits per heavy atom. The highest BCUT2D eigenvalue weighted by Crippen LogP contribution is 2.07. The Labute approximate surface area is 125 Å². The zero-order valence-electron chi connectivity index (χ0n) is 11.9. The van der Waals surface area contributed by atoms with Crippen molar-refractivity contribution >= 4 is 6.29 Å². The summed E-state index contributed by atoms with van der Waals surface area (Å²) < 4.78 is 0. The Morgan fingerprint density at radius 1 is 0.571 bits per heavy atom. The number of benzene rings is 3. The first-order valence-electron chi connectivity index (χ1n) is 6.96. The van der Waals surface area contributed by atoms with Gasteiger partial charge in [0.15, 0.2) is 0 Å². The van der Waals surface area contributed by atoms with Crippen molar-refractivity contribution < 1.29 is 4.79 Å². The van der Waals surface area contributed by atoms with Crippen LogP contribution in [0.1, 0.15) is 21.5 Å². The Balaban J connectivity index is 0.000000173. The lowest BCUT2D eigenvalue weighted by molar-refractivity contribution is 0.112. The van der Waals surface area contributed by atoms with Crippen LogP contribution in [0, 0.1) is 0 Å². The third-order valence-electron chi connectivity index (χ3n) is 3.03. The van der Waals surface area contributed by atoms with Crippen LogP contribution in [0.3, 0.4) is 0 Å². The van der Waals surface area contributed by atoms with Gasteiger partial charge in [-0.15, -0.1) is 0 Å². The Bertz CT molecular complexity index is 593. The number of rotatable bonds is 3. The molecule has 0 bridgehead atoms. The number of carbonyl (C=O) groups excluding carboxylic acids is 1. The standard InChI is InChI=1S/C13H12.C7H6O/c1-3-7-12(8-4-1)11-13-9-5-2-6-10-13;8-6-7-4-2-1-3-5-7/h1-10H,11H2;1-6H. The largest absolute Gasteiger partial charge is 0.298 e. The fourth-order valence-electron chi connectivity index (χ4n) is 1.96. The minimum absolute atomic E-state index is 0.729. The molecule has 3 aromatic carbocycles. The molecule has 3 aromatic rings. The summed E-state index contributed by atoms with van der Waals surface area (Å²) in [7, 11) is 0. The van der Waals surface area contributed by atoms with Crippen LogP contribution in [0.5, 0.6) is 0 Å². The van der Waals surface area contributed by atoms with Crippen LogP contribution in [0.4, 0.5) is 0 Å². The van der Waals surface area contributed by atoms with Crippen molar-refractivity contribution in [1.29, 1.82) is 0 Å². The minimum atomic E-state index is 0.729. The molecule has 0 amide bonds. The van der Waals surface area contributed by atoms with Gasteiger partial charge in [-0.05, 0) is 17.5 Å². The third-order valence-corrected chi connectivity index (χ3v) is 3.03. The first kappa shape index (κ1) is 14.7. The summed E-state index contributed by atoms with van der Waals surface area (Å²) >= 11 is 0. The van der Waals surface area contributed by atoms with Crippen molar-refractivity contribution in [2.45, 2.75) is 6.42 Å². The molecule has 0 heterocycles. The average Bonchev–Trinajstić information content (AvgIpc) is 2.58. The van der Waals surface area contributed by atoms with Crippen molar-refractivity contribution in [2.75, 3.05) is 0 Å². The van der Waals surface area contributed by atoms with Gasteiger partial charge >= 0.3 is 0 Å². The van der Waals surface area contributed by atoms with E-state index < -0.39 is 0 Å². The van der Waals surface area contributed by atoms with Crippen LogP contribution >= 0.6 is 0 Å². The molecule has 0 atom stereocenters. The highest BCUT2D eigenvalue weighted by molar-refractivity contribution is 5.74. The zero-order valence-corrected chi connectivity index (χ0v) is 11.9. The van der Waals surface area contributed by atoms with Crippen molar-refractivity contribution in [1.82, 2.24) is 0 Å². The van der Waals surface area contributed by atoms with E-state index in [1.54, 1.807) is 12.1 Å². The molecule has 0 aromatic heterocycles. The van der Waals surface area contributed by atoms with Crippen LogP contribution < -0.4 is 0 Å². The maximum Gasteiger partial charge on any atom is 0.150 e. The lowest BCUT2D eigenvalue weighted by atomic mass is 10.1. The summed E-state index contributed by atoms with van der Waals surface area (Å²) in [6.07, 6.45) is 1.86. The molecule has 0 radical (unpaired) electrons. The number of hydrogen-bond acceptors (Lipinski definition) is 1. The van der Waals surface area contributed by atoms with E-state index in [1.807, 2.05) is 18.2 Å². The summed E-state index contributed by atoms with van der Waals surface area (Å²) in [5.74, 6) is 0. The number of hydrogen-bond donors (Lipinski definition) is 0. The quantitative estimate of drug-likeness (QED) is 0.628. The SMILES string of the molecule is O=Cc1ccccc1.c1ccc(Cc2ccccc2)cc1. The highest BCUT2D eigenvalue weighted by Gasteiger charge is 1.92. The number of aldehydes is 1. The topological polar surface area (TPSA) is 17.1 Å². The fraction of sp³-hybridized carbons (Fsp3) is 0.0500. The predicted molar refractivity (Wildman–Crippen MR) is 87.5 cm³/mol. The lowest BCUT2D eigenvalue weighted by Gasteiger charge is -2.00. The van der Waals surface area contributed by atoms with E-state index in [-0.39, 0.29) is 0 Å². The van der Waals surface area contributed by atoms with Gasteiger partial charge < -0.3 is 0 Å². The Hall–Kier alpha value is -2.67. The van der Waals surface area contributed by atoms with E-state index in [4.69, 9.17) is 0 Å². The second-order valence-corrected chi connectivity index (χ2v) is 4.68. The van der Waals surface area contributed by atoms with Crippen LogP contribution in [0.15, 0.2) is 91.0 Å². The maximum atomic E-state index is 10.0. The lowest BCUT2D eigenvalue weighted by Crippen LogP contribution is -1.85. The summed E-state index contributed by atoms with van der Waals surface area (Å²) in [5.41, 5.74) is 3.47. The average molecular weight is 274 g/mol. The maximum absolute atomic E-state index is 10.0. The van der Waals surface area contributed by atoms with E-state index in [2.05, 4.69) is 60.7 Å². The van der Waals surface area contributed by atoms with Gasteiger partial charge in [0.25, 0.3) is 0 Å². The third kappa shape index (κ3) is 5.45. The molecule has 0 saturated carbocycles. The smallest absolute Gasteiger partial charge is 0.150 e. The normalized spacial score (nSPS) is 9.33. The molecular weight excluding hydrogens is 256 g/mol. The van der Waals surface area contributed by atoms with Crippen molar-refractivity contribution in [3.05, 3.63) is 108 Å². The summed E-state index contributed by atoms with van der Waals surface area (Å²) in [5, 5.41) is 0. The molecule has 0 N–H and O–H groups in total. The van der Waals surface area contributed by atoms with Gasteiger partial charge in [0, 0.05) is 5.56 Å². The first-order valence-corrected chi connectivity index (χ1v) is 6.96. The van der Waals surface area contributed by atoms with Crippen LogP contribution in [-0.4, -0.2) is 6.29 Å². The molecule has 0 aliphatic carbocycles. The Kier molecular flexibility index (Phi) is 5.96. The second-order valence-electron chi connectivity index (χ2n) is 4.68. The molecule has 3 rings (SSSR count). The summed E-state index contributed by atoms with van der Waals surface area (Å²) in [4.78, 5) is 10.0. The van der Waals surface area contributed by atoms with Crippen LogP contribution in [0.2, 0.25) is 0 Å². The van der Waals surface area contributed by atoms with Gasteiger partial charge in [-0.25, -0.2) is 0 Å². The predicted octanol–water partition coefficient (Wildman–Crippen LogP) is 4.78. The monoisotopic (exact) mass is 274 g/mol. The van der Waals surface area contributed by atoms with E-state index in [0.717, 1.165) is 18.3 Å². The van der Waals surface area contributed by atoms with Gasteiger partial charge in [-0.3, -0.25) is 4.79 Å². The van der Waals surface area contributed by atoms with E-state index in [1.165, 1.54) is 11.1 Å². The van der Waals surface area contributed by atoms with Gasteiger partial charge in [-0.1, -0.05) is 91.0 Å². The highest BCUT2D eigenvalue weighted by atomic mass is 16.1. The van der Waals surface area contributed by atoms with Gasteiger partial charge in [0.1, 0.15) is 6.29 Å². The molecule has 0 aliphatic heterocycles. The van der Waals surface area contributed by atoms with Gasteiger partial charge in [-0.2, -0.15) is 0 Å². The second kappa shape index (κ2) is 8.49. The molecular formula is C20H18O. The van der Waals surface area contributed by atoms with Crippen molar-refractivity contribution in [2.24, 2.45) is 0 Å². The summed E-state index contributed by atoms with van der Waals surface area (Å²) in [6, 6.07) is 30.2. The Morgan fingerprint density at radius 3 is 1.29 bits per heavy atom. The van der Waals surface area contributed by atoms with Crippen molar-refractivity contribution in [3.8, 4) is 0 Å². The molecule has 1 nitrogen and oxygen atoms in total. The molecule has 0 spiro atoms. The summed E-state index contributed by atoms with van der Waals surface area (Å²) in [6.45, 7) is 0. The molecule has 0 aliphatic rings. The van der Waals surface area contributed by atoms with Crippen molar-refractivity contribution in [3.63, 3.8) is 0 Å². The minimum Gasteiger partial charge on any atom is -0.298 e. The van der Waals surface area contributed by atoms with Crippen LogP contribution in [0.25, 0.3) is 0 Å². The van der Waals surface area contributed by atoms with E-state index in [9.17, 15) is 4.79 Å². The number of carbonyl (C=O) groups is 1. The zero-order chi connectivity index (χ0) is 14.8. The molecule has 1 heteroatoms. The van der Waals surface area contributed by atoms with Gasteiger partial charge in [0.05, 0.1) is 0 Å². The van der Waals surface area contributed by atoms with Gasteiger partial charge in [0.2, 0.25) is 0 Å². The molecule has 0 saturated heterocycles. The molecule has 104 valence electrons. The first-order chi connectivity index (χ1) is 10.4. The fourth-order valence-corrected chi connectivity index (χ4v) is 1.96. The van der Waals surface area contributed by atoms with E-state index >= 15 is 0 Å².